The van der Waals surface area contributed by atoms with E-state index in [0.29, 0.717) is 18.7 Å². The lowest BCUT2D eigenvalue weighted by Gasteiger charge is -2.31. The number of benzene rings is 1. The third-order valence-electron chi connectivity index (χ3n) is 4.46. The van der Waals surface area contributed by atoms with E-state index < -0.39 is 10.0 Å². The average Bonchev–Trinajstić information content (AvgIpc) is 2.68. The van der Waals surface area contributed by atoms with E-state index in [-0.39, 0.29) is 10.8 Å². The molecule has 0 unspecified atom stereocenters. The van der Waals surface area contributed by atoms with Gasteiger partial charge in [0.1, 0.15) is 13.1 Å². The van der Waals surface area contributed by atoms with Crippen LogP contribution >= 0.6 is 0 Å². The topological polar surface area (TPSA) is 75.1 Å². The number of aromatic nitrogens is 1. The molecule has 0 spiro atoms. The van der Waals surface area contributed by atoms with Crippen LogP contribution in [0.25, 0.3) is 0 Å². The summed E-state index contributed by atoms with van der Waals surface area (Å²) in [6.45, 7) is 2.63. The van der Waals surface area contributed by atoms with Gasteiger partial charge in [0, 0.05) is 25.7 Å². The molecule has 0 aliphatic carbocycles. The number of carbonyl (C=O) groups excluding carboxylic acids is 1. The Morgan fingerprint density at radius 2 is 1.77 bits per heavy atom. The highest BCUT2D eigenvalue weighted by atomic mass is 32.2. The first-order valence-corrected chi connectivity index (χ1v) is 9.87. The van der Waals surface area contributed by atoms with E-state index in [4.69, 9.17) is 0 Å². The molecule has 1 aliphatic heterocycles. The maximum Gasteiger partial charge on any atom is 0.274 e. The van der Waals surface area contributed by atoms with Gasteiger partial charge in [0.2, 0.25) is 10.0 Å². The number of carbonyl (C=O) groups is 1. The third kappa shape index (κ3) is 3.71. The molecular weight excluding hydrogens is 352 g/mol. The monoisotopic (exact) mass is 375 g/mol. The third-order valence-corrected chi connectivity index (χ3v) is 6.27. The van der Waals surface area contributed by atoms with Crippen molar-refractivity contribution < 1.29 is 18.2 Å². The number of H-pyrrole nitrogens is 1. The van der Waals surface area contributed by atoms with Gasteiger partial charge in [-0.2, -0.15) is 0 Å². The molecule has 0 saturated carbocycles. The zero-order chi connectivity index (χ0) is 18.7. The molecule has 1 aromatic heterocycles. The Hall–Kier alpha value is -2.45. The highest BCUT2D eigenvalue weighted by molar-refractivity contribution is 7.89. The minimum atomic E-state index is -3.56. The van der Waals surface area contributed by atoms with Crippen LogP contribution in [-0.2, 0) is 10.0 Å². The summed E-state index contributed by atoms with van der Waals surface area (Å²) < 4.78 is 25.7. The molecule has 3 rings (SSSR count). The van der Waals surface area contributed by atoms with E-state index in [1.54, 1.807) is 17.0 Å². The maximum atomic E-state index is 12.8. The molecule has 0 radical (unpaired) electrons. The van der Waals surface area contributed by atoms with Gasteiger partial charge >= 0.3 is 0 Å². The molecule has 2 aromatic rings. The lowest BCUT2D eigenvalue weighted by atomic mass is 10.2. The minimum Gasteiger partial charge on any atom is -0.331 e. The van der Waals surface area contributed by atoms with Crippen LogP contribution in [0.2, 0.25) is 0 Å². The van der Waals surface area contributed by atoms with Crippen LogP contribution in [-0.4, -0.2) is 63.8 Å². The van der Waals surface area contributed by atoms with Crippen molar-refractivity contribution in [1.82, 2.24) is 9.21 Å². The van der Waals surface area contributed by atoms with E-state index in [0.717, 1.165) is 23.2 Å². The Kier molecular flexibility index (Phi) is 5.24. The van der Waals surface area contributed by atoms with Crippen molar-refractivity contribution in [3.05, 3.63) is 54.2 Å². The number of amides is 1. The highest BCUT2D eigenvalue weighted by Crippen LogP contribution is 2.17. The Morgan fingerprint density at radius 1 is 1.04 bits per heavy atom. The van der Waals surface area contributed by atoms with Crippen molar-refractivity contribution in [3.63, 3.8) is 0 Å². The van der Waals surface area contributed by atoms with Crippen LogP contribution in [0.1, 0.15) is 10.4 Å². The van der Waals surface area contributed by atoms with Gasteiger partial charge in [-0.25, -0.2) is 17.7 Å². The number of nitrogens with zero attached hydrogens (tertiary/aromatic N) is 3. The highest BCUT2D eigenvalue weighted by Gasteiger charge is 2.27. The molecule has 26 heavy (non-hydrogen) atoms. The molecule has 8 heteroatoms. The molecular formula is C18H23N4O3S+. The van der Waals surface area contributed by atoms with E-state index in [9.17, 15) is 13.2 Å². The Labute approximate surface area is 153 Å². The number of rotatable bonds is 4. The van der Waals surface area contributed by atoms with Gasteiger partial charge in [-0.1, -0.05) is 12.1 Å². The quantitative estimate of drug-likeness (QED) is 0.789. The Bertz CT molecular complexity index is 876. The van der Waals surface area contributed by atoms with Gasteiger partial charge in [-0.15, -0.1) is 0 Å². The van der Waals surface area contributed by atoms with Crippen LogP contribution < -0.4 is 9.88 Å². The molecule has 1 amide bonds. The number of hydrogen-bond acceptors (Lipinski definition) is 4. The van der Waals surface area contributed by atoms with Crippen molar-refractivity contribution in [3.8, 4) is 0 Å². The van der Waals surface area contributed by atoms with Crippen LogP contribution in [0, 0.1) is 0 Å². The Balaban J connectivity index is 1.71. The van der Waals surface area contributed by atoms with Gasteiger partial charge in [0.25, 0.3) is 11.7 Å². The number of anilines is 1. The fourth-order valence-corrected chi connectivity index (χ4v) is 3.86. The van der Waals surface area contributed by atoms with Gasteiger partial charge in [-0.05, 0) is 24.3 Å². The molecule has 1 saturated heterocycles. The zero-order valence-corrected chi connectivity index (χ0v) is 15.7. The van der Waals surface area contributed by atoms with E-state index in [2.05, 4.69) is 9.88 Å². The molecule has 1 fully saturated rings. The second-order valence-corrected chi connectivity index (χ2v) is 8.49. The summed E-state index contributed by atoms with van der Waals surface area (Å²) in [7, 11) is -0.607. The van der Waals surface area contributed by atoms with Crippen molar-refractivity contribution in [2.24, 2.45) is 0 Å². The average molecular weight is 375 g/mol. The van der Waals surface area contributed by atoms with Crippen molar-refractivity contribution >= 4 is 21.7 Å². The number of nitrogens with one attached hydrogen (secondary N) is 1. The SMILES string of the molecule is CN(C)S(=O)(=O)c1cccc(C(=O)N2CCN(c3cccc[nH+]3)CC2)c1. The molecule has 1 aromatic carbocycles. The van der Waals surface area contributed by atoms with Crippen molar-refractivity contribution in [2.75, 3.05) is 45.2 Å². The van der Waals surface area contributed by atoms with Crippen LogP contribution in [0.15, 0.2) is 53.6 Å². The lowest BCUT2D eigenvalue weighted by Crippen LogP contribution is -2.50. The van der Waals surface area contributed by atoms with E-state index >= 15 is 0 Å². The molecule has 0 atom stereocenters. The number of pyridine rings is 1. The predicted molar refractivity (Wildman–Crippen MR) is 98.4 cm³/mol. The summed E-state index contributed by atoms with van der Waals surface area (Å²) in [6, 6.07) is 12.1. The summed E-state index contributed by atoms with van der Waals surface area (Å²) in [6.07, 6.45) is 1.88. The molecule has 138 valence electrons. The molecule has 7 nitrogen and oxygen atoms in total. The first-order valence-electron chi connectivity index (χ1n) is 8.43. The molecule has 1 aliphatic rings. The lowest BCUT2D eigenvalue weighted by molar-refractivity contribution is -0.364. The van der Waals surface area contributed by atoms with Crippen molar-refractivity contribution in [2.45, 2.75) is 4.90 Å². The fraction of sp³-hybridized carbons (Fsp3) is 0.333. The van der Waals surface area contributed by atoms with Crippen LogP contribution in [0.4, 0.5) is 5.82 Å². The summed E-state index contributed by atoms with van der Waals surface area (Å²) in [5, 5.41) is 0. The summed E-state index contributed by atoms with van der Waals surface area (Å²) in [4.78, 5) is 20.1. The molecule has 2 heterocycles. The minimum absolute atomic E-state index is 0.130. The maximum absolute atomic E-state index is 12.8. The van der Waals surface area contributed by atoms with Gasteiger partial charge in [0.05, 0.1) is 24.2 Å². The van der Waals surface area contributed by atoms with Gasteiger partial charge < -0.3 is 4.90 Å². The number of aromatic amines is 1. The first kappa shape index (κ1) is 18.3. The molecule has 0 bridgehead atoms. The normalized spacial score (nSPS) is 15.3. The summed E-state index contributed by atoms with van der Waals surface area (Å²) >= 11 is 0. The standard InChI is InChI=1S/C18H22N4O3S/c1-20(2)26(24,25)16-7-5-6-15(14-16)18(23)22-12-10-21(11-13-22)17-8-3-4-9-19-17/h3-9,14H,10-13H2,1-2H3/p+1. The smallest absolute Gasteiger partial charge is 0.274 e. The van der Waals surface area contributed by atoms with E-state index in [1.165, 1.54) is 26.2 Å². The number of sulfonamides is 1. The fourth-order valence-electron chi connectivity index (χ4n) is 2.91. The second kappa shape index (κ2) is 7.43. The van der Waals surface area contributed by atoms with Crippen LogP contribution in [0.5, 0.6) is 0 Å². The number of hydrogen-bond donors (Lipinski definition) is 0. The Morgan fingerprint density at radius 3 is 2.38 bits per heavy atom. The largest absolute Gasteiger partial charge is 0.331 e. The first-order chi connectivity index (χ1) is 12.4. The predicted octanol–water partition coefficient (Wildman–Crippen LogP) is 0.713. The van der Waals surface area contributed by atoms with E-state index in [1.807, 2.05) is 24.4 Å². The zero-order valence-electron chi connectivity index (χ0n) is 14.9. The summed E-state index contributed by atoms with van der Waals surface area (Å²) in [5.74, 6) is 0.885. The van der Waals surface area contributed by atoms with Crippen LogP contribution in [0.3, 0.4) is 0 Å². The molecule has 1 N–H and O–H groups in total. The number of piperazine rings is 1. The van der Waals surface area contributed by atoms with Crippen molar-refractivity contribution in [1.29, 1.82) is 0 Å². The summed E-state index contributed by atoms with van der Waals surface area (Å²) in [5.41, 5.74) is 0.396. The van der Waals surface area contributed by atoms with Gasteiger partial charge in [-0.3, -0.25) is 9.69 Å². The van der Waals surface area contributed by atoms with Gasteiger partial charge in [0.15, 0.2) is 0 Å². The second-order valence-electron chi connectivity index (χ2n) is 6.34.